The number of hydrogen-bond donors (Lipinski definition) is 1. The van der Waals surface area contributed by atoms with Crippen LogP contribution in [0.3, 0.4) is 0 Å². The van der Waals surface area contributed by atoms with Crippen LogP contribution >= 0.6 is 15.9 Å². The first-order chi connectivity index (χ1) is 7.76. The van der Waals surface area contributed by atoms with Gasteiger partial charge in [0, 0.05) is 22.7 Å². The second-order valence-corrected chi connectivity index (χ2v) is 4.96. The molecule has 0 bridgehead atoms. The van der Waals surface area contributed by atoms with Crippen molar-refractivity contribution < 1.29 is 5.11 Å². The molecule has 3 heteroatoms. The van der Waals surface area contributed by atoms with Gasteiger partial charge in [0.15, 0.2) is 0 Å². The highest BCUT2D eigenvalue weighted by atomic mass is 79.9. The van der Waals surface area contributed by atoms with Crippen molar-refractivity contribution in [3.05, 3.63) is 40.9 Å². The van der Waals surface area contributed by atoms with E-state index in [9.17, 15) is 0 Å². The summed E-state index contributed by atoms with van der Waals surface area (Å²) in [6.07, 6.45) is 4.48. The second kappa shape index (κ2) is 5.02. The minimum absolute atomic E-state index is 0.0751. The van der Waals surface area contributed by atoms with E-state index in [0.29, 0.717) is 6.04 Å². The van der Waals surface area contributed by atoms with Crippen molar-refractivity contribution in [2.45, 2.75) is 25.5 Å². The standard InChI is InChI=1S/C13H16BrNO/c1-2-7-15(11-5-6-11)12-4-3-10(9-16)13(14)8-12/h2-4,8,11,16H,1,5-7,9H2. The molecule has 0 saturated heterocycles. The van der Waals surface area contributed by atoms with Crippen molar-refractivity contribution in [1.29, 1.82) is 0 Å². The lowest BCUT2D eigenvalue weighted by atomic mass is 10.2. The number of rotatable bonds is 5. The van der Waals surface area contributed by atoms with E-state index < -0.39 is 0 Å². The molecule has 1 N–H and O–H groups in total. The molecule has 0 heterocycles. The summed E-state index contributed by atoms with van der Waals surface area (Å²) < 4.78 is 0.974. The molecule has 1 aliphatic carbocycles. The molecule has 0 amide bonds. The van der Waals surface area contributed by atoms with Crippen LogP contribution in [-0.4, -0.2) is 17.7 Å². The first kappa shape index (κ1) is 11.7. The van der Waals surface area contributed by atoms with Crippen molar-refractivity contribution in [2.75, 3.05) is 11.4 Å². The summed E-state index contributed by atoms with van der Waals surface area (Å²) >= 11 is 3.48. The highest BCUT2D eigenvalue weighted by Crippen LogP contribution is 2.33. The lowest BCUT2D eigenvalue weighted by Crippen LogP contribution is -2.25. The van der Waals surface area contributed by atoms with E-state index >= 15 is 0 Å². The Morgan fingerprint density at radius 1 is 1.50 bits per heavy atom. The smallest absolute Gasteiger partial charge is 0.0692 e. The van der Waals surface area contributed by atoms with Gasteiger partial charge in [0.25, 0.3) is 0 Å². The van der Waals surface area contributed by atoms with Crippen LogP contribution in [0.5, 0.6) is 0 Å². The number of anilines is 1. The van der Waals surface area contributed by atoms with E-state index in [-0.39, 0.29) is 6.61 Å². The van der Waals surface area contributed by atoms with E-state index in [0.717, 1.165) is 16.6 Å². The maximum Gasteiger partial charge on any atom is 0.0692 e. The summed E-state index contributed by atoms with van der Waals surface area (Å²) in [5.74, 6) is 0. The van der Waals surface area contributed by atoms with E-state index in [1.54, 1.807) is 0 Å². The fraction of sp³-hybridized carbons (Fsp3) is 0.385. The Morgan fingerprint density at radius 2 is 2.25 bits per heavy atom. The molecule has 2 rings (SSSR count). The zero-order valence-electron chi connectivity index (χ0n) is 9.19. The van der Waals surface area contributed by atoms with Gasteiger partial charge in [0.2, 0.25) is 0 Å². The molecule has 16 heavy (non-hydrogen) atoms. The third kappa shape index (κ3) is 2.47. The quantitative estimate of drug-likeness (QED) is 0.839. The van der Waals surface area contributed by atoms with Gasteiger partial charge < -0.3 is 10.0 Å². The van der Waals surface area contributed by atoms with Gasteiger partial charge in [-0.1, -0.05) is 28.1 Å². The maximum absolute atomic E-state index is 9.11. The summed E-state index contributed by atoms with van der Waals surface area (Å²) in [6.45, 7) is 4.76. The third-order valence-electron chi connectivity index (χ3n) is 2.85. The number of nitrogens with zero attached hydrogens (tertiary/aromatic N) is 1. The first-order valence-electron chi connectivity index (χ1n) is 5.53. The molecule has 0 unspecified atom stereocenters. The predicted octanol–water partition coefficient (Wildman–Crippen LogP) is 3.10. The fourth-order valence-electron chi connectivity index (χ4n) is 1.83. The Bertz CT molecular complexity index is 388. The molecule has 0 aromatic heterocycles. The normalized spacial score (nSPS) is 14.9. The number of benzene rings is 1. The summed E-state index contributed by atoms with van der Waals surface area (Å²) in [5.41, 5.74) is 2.13. The molecule has 1 fully saturated rings. The van der Waals surface area contributed by atoms with Crippen LogP contribution in [0.25, 0.3) is 0 Å². The summed E-state index contributed by atoms with van der Waals surface area (Å²) in [5, 5.41) is 9.11. The monoisotopic (exact) mass is 281 g/mol. The predicted molar refractivity (Wildman–Crippen MR) is 70.6 cm³/mol. The lowest BCUT2D eigenvalue weighted by Gasteiger charge is -2.23. The van der Waals surface area contributed by atoms with Gasteiger partial charge in [-0.15, -0.1) is 6.58 Å². The summed E-state index contributed by atoms with van der Waals surface area (Å²) in [6, 6.07) is 6.79. The Kier molecular flexibility index (Phi) is 3.66. The number of aliphatic hydroxyl groups excluding tert-OH is 1. The van der Waals surface area contributed by atoms with Gasteiger partial charge in [-0.05, 0) is 30.5 Å². The molecule has 0 radical (unpaired) electrons. The largest absolute Gasteiger partial charge is 0.392 e. The van der Waals surface area contributed by atoms with Crippen LogP contribution in [0.4, 0.5) is 5.69 Å². The minimum atomic E-state index is 0.0751. The van der Waals surface area contributed by atoms with E-state index in [1.165, 1.54) is 18.5 Å². The van der Waals surface area contributed by atoms with E-state index in [1.807, 2.05) is 12.1 Å². The summed E-state index contributed by atoms with van der Waals surface area (Å²) in [4.78, 5) is 2.36. The van der Waals surface area contributed by atoms with Gasteiger partial charge >= 0.3 is 0 Å². The van der Waals surface area contributed by atoms with Crippen LogP contribution in [0.1, 0.15) is 18.4 Å². The van der Waals surface area contributed by atoms with Gasteiger partial charge in [-0.3, -0.25) is 0 Å². The molecule has 0 spiro atoms. The van der Waals surface area contributed by atoms with Crippen LogP contribution in [-0.2, 0) is 6.61 Å². The average molecular weight is 282 g/mol. The molecule has 1 aromatic carbocycles. The zero-order chi connectivity index (χ0) is 11.5. The molecule has 0 atom stereocenters. The van der Waals surface area contributed by atoms with E-state index in [2.05, 4.69) is 39.5 Å². The van der Waals surface area contributed by atoms with Crippen LogP contribution in [0.2, 0.25) is 0 Å². The number of aliphatic hydroxyl groups is 1. The van der Waals surface area contributed by atoms with Crippen molar-refractivity contribution in [3.63, 3.8) is 0 Å². The SMILES string of the molecule is C=CCN(c1ccc(CO)c(Br)c1)C1CC1. The van der Waals surface area contributed by atoms with Crippen molar-refractivity contribution in [1.82, 2.24) is 0 Å². The average Bonchev–Trinajstić information content (AvgIpc) is 3.09. The van der Waals surface area contributed by atoms with Gasteiger partial charge in [0.1, 0.15) is 0 Å². The molecule has 1 aliphatic rings. The summed E-state index contributed by atoms with van der Waals surface area (Å²) in [7, 11) is 0. The Hall–Kier alpha value is -0.800. The van der Waals surface area contributed by atoms with Crippen molar-refractivity contribution in [3.8, 4) is 0 Å². The maximum atomic E-state index is 9.11. The molecular formula is C13H16BrNO. The Morgan fingerprint density at radius 3 is 2.75 bits per heavy atom. The van der Waals surface area contributed by atoms with Crippen molar-refractivity contribution >= 4 is 21.6 Å². The molecular weight excluding hydrogens is 266 g/mol. The van der Waals surface area contributed by atoms with Gasteiger partial charge in [0.05, 0.1) is 6.61 Å². The molecule has 0 aliphatic heterocycles. The topological polar surface area (TPSA) is 23.5 Å². The lowest BCUT2D eigenvalue weighted by molar-refractivity contribution is 0.281. The highest BCUT2D eigenvalue weighted by molar-refractivity contribution is 9.10. The molecule has 1 saturated carbocycles. The van der Waals surface area contributed by atoms with Crippen LogP contribution < -0.4 is 4.90 Å². The Balaban J connectivity index is 2.23. The highest BCUT2D eigenvalue weighted by Gasteiger charge is 2.28. The van der Waals surface area contributed by atoms with Gasteiger partial charge in [-0.2, -0.15) is 0 Å². The van der Waals surface area contributed by atoms with E-state index in [4.69, 9.17) is 5.11 Å². The van der Waals surface area contributed by atoms with Gasteiger partial charge in [-0.25, -0.2) is 0 Å². The molecule has 86 valence electrons. The fourth-order valence-corrected chi connectivity index (χ4v) is 2.33. The third-order valence-corrected chi connectivity index (χ3v) is 3.59. The zero-order valence-corrected chi connectivity index (χ0v) is 10.8. The number of hydrogen-bond acceptors (Lipinski definition) is 2. The van der Waals surface area contributed by atoms with Crippen LogP contribution in [0.15, 0.2) is 35.3 Å². The first-order valence-corrected chi connectivity index (χ1v) is 6.32. The molecule has 1 aromatic rings. The van der Waals surface area contributed by atoms with Crippen molar-refractivity contribution in [2.24, 2.45) is 0 Å². The number of halogens is 1. The molecule has 2 nitrogen and oxygen atoms in total. The Labute approximate surface area is 105 Å². The minimum Gasteiger partial charge on any atom is -0.392 e. The van der Waals surface area contributed by atoms with Crippen LogP contribution in [0, 0.1) is 0 Å². The second-order valence-electron chi connectivity index (χ2n) is 4.11.